The molecule has 76 valence electrons. The minimum absolute atomic E-state index is 0.00301. The summed E-state index contributed by atoms with van der Waals surface area (Å²) in [5, 5.41) is 18.1. The minimum atomic E-state index is -1.65. The van der Waals surface area contributed by atoms with E-state index in [9.17, 15) is 0 Å². The quantitative estimate of drug-likeness (QED) is 0.400. The van der Waals surface area contributed by atoms with E-state index in [-0.39, 0.29) is 23.2 Å². The number of halogens is 1. The van der Waals surface area contributed by atoms with Crippen molar-refractivity contribution in [3.63, 3.8) is 0 Å². The van der Waals surface area contributed by atoms with Gasteiger partial charge in [-0.15, -0.1) is 0 Å². The largest absolute Gasteiger partial charge is 0.492 e. The molecule has 0 spiro atoms. The molecule has 0 amide bonds. The molecule has 0 aliphatic rings. The number of hydrogen-bond acceptors (Lipinski definition) is 5. The number of aromatic nitrogens is 1. The lowest BCUT2D eigenvalue weighted by atomic mass is 9.80. The lowest BCUT2D eigenvalue weighted by Gasteiger charge is -2.09. The molecule has 0 bridgehead atoms. The van der Waals surface area contributed by atoms with Crippen LogP contribution in [0.3, 0.4) is 0 Å². The third-order valence-corrected chi connectivity index (χ3v) is 1.68. The van der Waals surface area contributed by atoms with E-state index in [1.165, 1.54) is 19.4 Å². The number of nitrogens with zero attached hydrogens (tertiary/aromatic N) is 1. The van der Waals surface area contributed by atoms with Gasteiger partial charge in [0.2, 0.25) is 0 Å². The highest BCUT2D eigenvalue weighted by Crippen LogP contribution is 2.10. The highest BCUT2D eigenvalue weighted by Gasteiger charge is 2.18. The Morgan fingerprint density at radius 3 is 2.86 bits per heavy atom. The lowest BCUT2D eigenvalue weighted by Crippen LogP contribution is -2.32. The van der Waals surface area contributed by atoms with Crippen molar-refractivity contribution in [3.05, 3.63) is 17.4 Å². The Bertz CT molecular complexity index is 310. The monoisotopic (exact) mass is 217 g/mol. The Hall–Kier alpha value is -0.815. The van der Waals surface area contributed by atoms with Gasteiger partial charge in [-0.05, 0) is 6.07 Å². The Balaban J connectivity index is 2.90. The topological polar surface area (TPSA) is 71.8 Å². The van der Waals surface area contributed by atoms with Crippen LogP contribution >= 0.6 is 11.6 Å². The summed E-state index contributed by atoms with van der Waals surface area (Å²) in [6.45, 7) is 0.00301. The van der Waals surface area contributed by atoms with Gasteiger partial charge in [-0.25, -0.2) is 4.98 Å². The average Bonchev–Trinajstić information content (AvgIpc) is 2.15. The third kappa shape index (κ3) is 2.85. The first-order valence-electron chi connectivity index (χ1n) is 3.78. The van der Waals surface area contributed by atoms with Crippen LogP contribution < -0.4 is 10.2 Å². The zero-order valence-electron chi connectivity index (χ0n) is 7.48. The van der Waals surface area contributed by atoms with Crippen LogP contribution in [-0.2, 0) is 4.74 Å². The number of pyridine rings is 1. The van der Waals surface area contributed by atoms with Crippen molar-refractivity contribution >= 4 is 24.2 Å². The Morgan fingerprint density at radius 2 is 2.29 bits per heavy atom. The van der Waals surface area contributed by atoms with Crippen LogP contribution in [0.4, 0.5) is 0 Å². The predicted molar refractivity (Wildman–Crippen MR) is 51.6 cm³/mol. The third-order valence-electron chi connectivity index (χ3n) is 1.47. The summed E-state index contributed by atoms with van der Waals surface area (Å²) in [6.07, 6.45) is 1.30. The highest BCUT2D eigenvalue weighted by atomic mass is 35.5. The van der Waals surface area contributed by atoms with Crippen molar-refractivity contribution in [1.82, 2.24) is 4.98 Å². The fraction of sp³-hybridized carbons (Fsp3) is 0.286. The van der Waals surface area contributed by atoms with Crippen LogP contribution in [0, 0.1) is 0 Å². The van der Waals surface area contributed by atoms with E-state index in [1.807, 2.05) is 0 Å². The van der Waals surface area contributed by atoms with Crippen molar-refractivity contribution in [1.29, 1.82) is 0 Å². The van der Waals surface area contributed by atoms with Crippen molar-refractivity contribution in [2.75, 3.05) is 13.9 Å². The molecule has 2 N–H and O–H groups in total. The van der Waals surface area contributed by atoms with Crippen LogP contribution in [0.5, 0.6) is 5.75 Å². The molecule has 0 atom stereocenters. The second-order valence-corrected chi connectivity index (χ2v) is 2.86. The molecule has 1 aromatic rings. The van der Waals surface area contributed by atoms with Gasteiger partial charge in [0.25, 0.3) is 0 Å². The smallest absolute Gasteiger partial charge is 0.466 e. The molecule has 0 unspecified atom stereocenters. The molecular weight excluding hydrogens is 208 g/mol. The first-order valence-corrected chi connectivity index (χ1v) is 4.16. The maximum absolute atomic E-state index is 8.98. The molecule has 0 radical (unpaired) electrons. The summed E-state index contributed by atoms with van der Waals surface area (Å²) in [5.41, 5.74) is 0.155. The van der Waals surface area contributed by atoms with E-state index in [0.29, 0.717) is 0 Å². The molecule has 1 aromatic heterocycles. The van der Waals surface area contributed by atoms with Crippen LogP contribution in [0.15, 0.2) is 12.3 Å². The predicted octanol–water partition coefficient (Wildman–Crippen LogP) is -0.603. The molecule has 14 heavy (non-hydrogen) atoms. The summed E-state index contributed by atoms with van der Waals surface area (Å²) < 4.78 is 9.70. The fourth-order valence-electron chi connectivity index (χ4n) is 0.876. The molecule has 0 saturated heterocycles. The van der Waals surface area contributed by atoms with Gasteiger partial charge in [-0.1, -0.05) is 11.6 Å². The summed E-state index contributed by atoms with van der Waals surface area (Å²) in [4.78, 5) is 3.74. The summed E-state index contributed by atoms with van der Waals surface area (Å²) in [5.74, 6) is 0.228. The highest BCUT2D eigenvalue weighted by molar-refractivity contribution is 6.60. The van der Waals surface area contributed by atoms with Crippen LogP contribution in [-0.4, -0.2) is 36.1 Å². The van der Waals surface area contributed by atoms with Gasteiger partial charge < -0.3 is 19.5 Å². The van der Waals surface area contributed by atoms with Crippen molar-refractivity contribution in [2.45, 2.75) is 0 Å². The summed E-state index contributed by atoms with van der Waals surface area (Å²) >= 11 is 5.57. The van der Waals surface area contributed by atoms with Crippen molar-refractivity contribution in [2.24, 2.45) is 0 Å². The summed E-state index contributed by atoms with van der Waals surface area (Å²) in [7, 11) is -0.194. The number of rotatable bonds is 4. The molecule has 0 fully saturated rings. The van der Waals surface area contributed by atoms with E-state index in [4.69, 9.17) is 26.4 Å². The van der Waals surface area contributed by atoms with Gasteiger partial charge in [0, 0.05) is 12.6 Å². The van der Waals surface area contributed by atoms with Gasteiger partial charge in [-0.2, -0.15) is 0 Å². The van der Waals surface area contributed by atoms with E-state index in [1.54, 1.807) is 0 Å². The molecule has 7 heteroatoms. The number of hydrogen-bond donors (Lipinski definition) is 2. The standard InChI is InChI=1S/C7H9BClNO4/c1-13-4-14-6-3-10-7(9)2-5(6)8(11)12/h2-3,11-12H,4H2,1H3. The Kier molecular flexibility index (Phi) is 4.15. The van der Waals surface area contributed by atoms with Gasteiger partial charge in [0.05, 0.1) is 6.20 Å². The normalized spacial score (nSPS) is 10.0. The van der Waals surface area contributed by atoms with E-state index < -0.39 is 7.12 Å². The first-order chi connectivity index (χ1) is 6.65. The fourth-order valence-corrected chi connectivity index (χ4v) is 1.04. The van der Waals surface area contributed by atoms with Crippen LogP contribution in [0.25, 0.3) is 0 Å². The lowest BCUT2D eigenvalue weighted by molar-refractivity contribution is 0.0514. The first kappa shape index (κ1) is 11.3. The molecule has 1 rings (SSSR count). The van der Waals surface area contributed by atoms with E-state index in [0.717, 1.165) is 0 Å². The van der Waals surface area contributed by atoms with Gasteiger partial charge >= 0.3 is 7.12 Å². The van der Waals surface area contributed by atoms with Gasteiger partial charge in [0.1, 0.15) is 10.9 Å². The van der Waals surface area contributed by atoms with Crippen molar-refractivity contribution in [3.8, 4) is 5.75 Å². The second-order valence-electron chi connectivity index (χ2n) is 2.47. The van der Waals surface area contributed by atoms with E-state index in [2.05, 4.69) is 9.72 Å². The van der Waals surface area contributed by atoms with Crippen LogP contribution in [0.2, 0.25) is 5.15 Å². The number of ether oxygens (including phenoxy) is 2. The SMILES string of the molecule is COCOc1cnc(Cl)cc1B(O)O. The molecular formula is C7H9BClNO4. The van der Waals surface area contributed by atoms with Gasteiger partial charge in [-0.3, -0.25) is 0 Å². The Morgan fingerprint density at radius 1 is 1.57 bits per heavy atom. The second kappa shape index (κ2) is 5.16. The van der Waals surface area contributed by atoms with Crippen molar-refractivity contribution < 1.29 is 19.5 Å². The zero-order chi connectivity index (χ0) is 10.6. The maximum atomic E-state index is 8.98. The van der Waals surface area contributed by atoms with E-state index >= 15 is 0 Å². The average molecular weight is 217 g/mol. The Labute approximate surface area is 86.4 Å². The number of methoxy groups -OCH3 is 1. The van der Waals surface area contributed by atoms with Crippen LogP contribution in [0.1, 0.15) is 0 Å². The molecule has 0 aliphatic heterocycles. The molecule has 0 aromatic carbocycles. The summed E-state index contributed by atoms with van der Waals surface area (Å²) in [6, 6.07) is 1.32. The maximum Gasteiger partial charge on any atom is 0.492 e. The van der Waals surface area contributed by atoms with Gasteiger partial charge in [0.15, 0.2) is 6.79 Å². The molecule has 1 heterocycles. The minimum Gasteiger partial charge on any atom is -0.466 e. The zero-order valence-corrected chi connectivity index (χ0v) is 8.23. The molecule has 0 aliphatic carbocycles. The molecule has 5 nitrogen and oxygen atoms in total. The molecule has 0 saturated carbocycles.